The van der Waals surface area contributed by atoms with Gasteiger partial charge in [0.05, 0.1) is 0 Å². The fraction of sp³-hybridized carbons (Fsp3) is 0.273. The van der Waals surface area contributed by atoms with Gasteiger partial charge in [-0.2, -0.15) is 0 Å². The first-order chi connectivity index (χ1) is 8.11. The van der Waals surface area contributed by atoms with Crippen molar-refractivity contribution in [3.8, 4) is 0 Å². The third-order valence-electron chi connectivity index (χ3n) is 2.80. The Labute approximate surface area is 97.3 Å². The monoisotopic (exact) mass is 237 g/mol. The molecule has 1 heterocycles. The van der Waals surface area contributed by atoms with Gasteiger partial charge in [-0.1, -0.05) is 5.16 Å². The normalized spacial score (nSPS) is 21.0. The summed E-state index contributed by atoms with van der Waals surface area (Å²) in [6, 6.07) is 5.64. The van der Waals surface area contributed by atoms with E-state index >= 15 is 0 Å². The molecule has 90 valence electrons. The van der Waals surface area contributed by atoms with Crippen LogP contribution in [0.15, 0.2) is 29.4 Å². The van der Waals surface area contributed by atoms with Gasteiger partial charge in [0.1, 0.15) is 11.7 Å². The summed E-state index contributed by atoms with van der Waals surface area (Å²) in [5, 5.41) is 11.5. The van der Waals surface area contributed by atoms with E-state index in [1.54, 1.807) is 0 Å². The lowest BCUT2D eigenvalue weighted by Gasteiger charge is -2.16. The van der Waals surface area contributed by atoms with E-state index < -0.39 is 0 Å². The Balaban J connectivity index is 2.18. The Bertz CT molecular complexity index is 458. The zero-order valence-electron chi connectivity index (χ0n) is 9.01. The van der Waals surface area contributed by atoms with Crippen LogP contribution in [-0.4, -0.2) is 23.5 Å². The maximum atomic E-state index is 12.8. The predicted molar refractivity (Wildman–Crippen MR) is 60.3 cm³/mol. The second kappa shape index (κ2) is 4.40. The van der Waals surface area contributed by atoms with E-state index in [9.17, 15) is 9.18 Å². The Kier molecular flexibility index (Phi) is 2.95. The van der Waals surface area contributed by atoms with Gasteiger partial charge in [-0.05, 0) is 24.3 Å². The minimum absolute atomic E-state index is 0.0444. The zero-order valence-corrected chi connectivity index (χ0v) is 9.01. The van der Waals surface area contributed by atoms with Crippen molar-refractivity contribution in [2.24, 2.45) is 16.8 Å². The van der Waals surface area contributed by atoms with Crippen LogP contribution < -0.4 is 10.6 Å². The molecule has 3 N–H and O–H groups in total. The highest BCUT2D eigenvalue weighted by molar-refractivity contribution is 6.00. The van der Waals surface area contributed by atoms with Gasteiger partial charge >= 0.3 is 0 Å². The van der Waals surface area contributed by atoms with E-state index in [2.05, 4.69) is 5.16 Å². The highest BCUT2D eigenvalue weighted by atomic mass is 19.1. The third-order valence-corrected chi connectivity index (χ3v) is 2.80. The van der Waals surface area contributed by atoms with E-state index in [0.29, 0.717) is 12.2 Å². The number of carbonyl (C=O) groups excluding carboxylic acids is 1. The molecule has 17 heavy (non-hydrogen) atoms. The number of carbonyl (C=O) groups is 1. The molecule has 1 aromatic carbocycles. The van der Waals surface area contributed by atoms with Crippen LogP contribution in [0.5, 0.6) is 0 Å². The number of nitrogens with zero attached hydrogens (tertiary/aromatic N) is 2. The molecule has 1 aliphatic rings. The molecule has 0 saturated carbocycles. The summed E-state index contributed by atoms with van der Waals surface area (Å²) in [7, 11) is 0. The lowest BCUT2D eigenvalue weighted by Crippen LogP contribution is -2.28. The number of amides is 1. The SMILES string of the molecule is N/C(=N/O)[C@@H]1CC(=O)N(c2ccc(F)cc2)C1. The minimum Gasteiger partial charge on any atom is -0.409 e. The van der Waals surface area contributed by atoms with Crippen molar-refractivity contribution in [1.29, 1.82) is 0 Å². The van der Waals surface area contributed by atoms with Crippen LogP contribution in [0.1, 0.15) is 6.42 Å². The van der Waals surface area contributed by atoms with Crippen molar-refractivity contribution in [3.63, 3.8) is 0 Å². The van der Waals surface area contributed by atoms with Gasteiger partial charge < -0.3 is 15.8 Å². The van der Waals surface area contributed by atoms with Gasteiger partial charge in [0.15, 0.2) is 0 Å². The average Bonchev–Trinajstić information content (AvgIpc) is 2.71. The van der Waals surface area contributed by atoms with Gasteiger partial charge in [0, 0.05) is 24.6 Å². The maximum absolute atomic E-state index is 12.8. The second-order valence-corrected chi connectivity index (χ2v) is 3.91. The van der Waals surface area contributed by atoms with Gasteiger partial charge in [0.2, 0.25) is 5.91 Å². The number of oxime groups is 1. The molecular formula is C11H12FN3O2. The largest absolute Gasteiger partial charge is 0.409 e. The summed E-state index contributed by atoms with van der Waals surface area (Å²) in [6.07, 6.45) is 0.202. The van der Waals surface area contributed by atoms with Crippen LogP contribution in [0.2, 0.25) is 0 Å². The number of nitrogens with two attached hydrogens (primary N) is 1. The molecule has 1 amide bonds. The van der Waals surface area contributed by atoms with Gasteiger partial charge in [-0.3, -0.25) is 4.79 Å². The van der Waals surface area contributed by atoms with E-state index in [4.69, 9.17) is 10.9 Å². The fourth-order valence-electron chi connectivity index (χ4n) is 1.86. The quantitative estimate of drug-likeness (QED) is 0.347. The van der Waals surface area contributed by atoms with E-state index in [1.807, 2.05) is 0 Å². The summed E-state index contributed by atoms with van der Waals surface area (Å²) in [5.41, 5.74) is 6.08. The third kappa shape index (κ3) is 2.20. The molecule has 1 saturated heterocycles. The van der Waals surface area contributed by atoms with E-state index in [0.717, 1.165) is 0 Å². The van der Waals surface area contributed by atoms with Crippen LogP contribution in [-0.2, 0) is 4.79 Å². The zero-order chi connectivity index (χ0) is 12.4. The number of amidine groups is 1. The average molecular weight is 237 g/mol. The molecule has 1 fully saturated rings. The van der Waals surface area contributed by atoms with Crippen molar-refractivity contribution in [3.05, 3.63) is 30.1 Å². The van der Waals surface area contributed by atoms with Crippen molar-refractivity contribution < 1.29 is 14.4 Å². The Morgan fingerprint density at radius 3 is 2.71 bits per heavy atom. The van der Waals surface area contributed by atoms with Gasteiger partial charge in [-0.25, -0.2) is 4.39 Å². The van der Waals surface area contributed by atoms with Crippen LogP contribution in [0, 0.1) is 11.7 Å². The molecule has 0 unspecified atom stereocenters. The molecule has 0 bridgehead atoms. The Morgan fingerprint density at radius 1 is 1.47 bits per heavy atom. The molecule has 5 nitrogen and oxygen atoms in total. The van der Waals surface area contributed by atoms with Gasteiger partial charge in [-0.15, -0.1) is 0 Å². The van der Waals surface area contributed by atoms with Crippen LogP contribution >= 0.6 is 0 Å². The maximum Gasteiger partial charge on any atom is 0.227 e. The number of hydrogen-bond acceptors (Lipinski definition) is 3. The van der Waals surface area contributed by atoms with Gasteiger partial charge in [0.25, 0.3) is 0 Å². The second-order valence-electron chi connectivity index (χ2n) is 3.91. The summed E-state index contributed by atoms with van der Waals surface area (Å²) in [5.74, 6) is -0.720. The lowest BCUT2D eigenvalue weighted by molar-refractivity contribution is -0.117. The molecule has 0 aliphatic carbocycles. The smallest absolute Gasteiger partial charge is 0.227 e. The number of benzene rings is 1. The first-order valence-corrected chi connectivity index (χ1v) is 5.15. The molecule has 0 spiro atoms. The number of hydrogen-bond donors (Lipinski definition) is 2. The predicted octanol–water partition coefficient (Wildman–Crippen LogP) is 0.925. The lowest BCUT2D eigenvalue weighted by atomic mass is 10.1. The van der Waals surface area contributed by atoms with Crippen LogP contribution in [0.3, 0.4) is 0 Å². The summed E-state index contributed by atoms with van der Waals surface area (Å²) < 4.78 is 12.8. The molecule has 2 rings (SSSR count). The highest BCUT2D eigenvalue weighted by Crippen LogP contribution is 2.25. The summed E-state index contributed by atoms with van der Waals surface area (Å²) in [6.45, 7) is 0.348. The Hall–Kier alpha value is -2.11. The molecule has 0 radical (unpaired) electrons. The molecule has 1 atom stereocenters. The molecule has 6 heteroatoms. The van der Waals surface area contributed by atoms with Crippen LogP contribution in [0.25, 0.3) is 0 Å². The number of halogens is 1. The van der Waals surface area contributed by atoms with Crippen molar-refractivity contribution >= 4 is 17.4 Å². The van der Waals surface area contributed by atoms with E-state index in [-0.39, 0.29) is 29.9 Å². The van der Waals surface area contributed by atoms with Crippen LogP contribution in [0.4, 0.5) is 10.1 Å². The van der Waals surface area contributed by atoms with Crippen molar-refractivity contribution in [1.82, 2.24) is 0 Å². The highest BCUT2D eigenvalue weighted by Gasteiger charge is 2.33. The van der Waals surface area contributed by atoms with E-state index in [1.165, 1.54) is 29.2 Å². The fourth-order valence-corrected chi connectivity index (χ4v) is 1.86. The first kappa shape index (κ1) is 11.4. The molecule has 1 aliphatic heterocycles. The number of rotatable bonds is 2. The van der Waals surface area contributed by atoms with Crippen molar-refractivity contribution in [2.75, 3.05) is 11.4 Å². The summed E-state index contributed by atoms with van der Waals surface area (Å²) in [4.78, 5) is 13.2. The van der Waals surface area contributed by atoms with Crippen molar-refractivity contribution in [2.45, 2.75) is 6.42 Å². The summed E-state index contributed by atoms with van der Waals surface area (Å²) >= 11 is 0. The number of anilines is 1. The molecule has 0 aromatic heterocycles. The first-order valence-electron chi connectivity index (χ1n) is 5.15. The Morgan fingerprint density at radius 2 is 2.12 bits per heavy atom. The standard InChI is InChI=1S/C11H12FN3O2/c12-8-1-3-9(4-2-8)15-6-7(5-10(15)16)11(13)14-17/h1-4,7,17H,5-6H2,(H2,13,14)/t7-/m1/s1. The molecule has 1 aromatic rings. The topological polar surface area (TPSA) is 78.9 Å². The minimum atomic E-state index is -0.353. The molecular weight excluding hydrogens is 225 g/mol.